The number of H-pyrrole nitrogens is 1. The first-order valence-corrected chi connectivity index (χ1v) is 11.1. The zero-order valence-corrected chi connectivity index (χ0v) is 18.3. The van der Waals surface area contributed by atoms with Crippen molar-refractivity contribution >= 4 is 5.91 Å². The average Bonchev–Trinajstić information content (AvgIpc) is 3.15. The second-order valence-corrected chi connectivity index (χ2v) is 8.41. The number of hydrogen-bond acceptors (Lipinski definition) is 3. The molecule has 0 spiro atoms. The Labute approximate surface area is 182 Å². The molecule has 1 amide bonds. The van der Waals surface area contributed by atoms with E-state index in [0.29, 0.717) is 5.92 Å². The van der Waals surface area contributed by atoms with Gasteiger partial charge in [0, 0.05) is 19.5 Å². The minimum atomic E-state index is -0.203. The number of aromatic nitrogens is 3. The van der Waals surface area contributed by atoms with Gasteiger partial charge in [-0.05, 0) is 49.3 Å². The molecule has 1 aromatic heterocycles. The van der Waals surface area contributed by atoms with Gasteiger partial charge in [-0.3, -0.25) is 4.79 Å². The summed E-state index contributed by atoms with van der Waals surface area (Å²) in [5.41, 5.74) is 2.80. The van der Waals surface area contributed by atoms with E-state index in [1.807, 2.05) is 66.4 Å². The van der Waals surface area contributed by atoms with Crippen LogP contribution in [0, 0.1) is 12.8 Å². The van der Waals surface area contributed by atoms with E-state index in [4.69, 9.17) is 0 Å². The number of aryl methyl sites for hydroxylation is 1. The maximum absolute atomic E-state index is 13.1. The van der Waals surface area contributed by atoms with E-state index in [0.717, 1.165) is 61.4 Å². The highest BCUT2D eigenvalue weighted by Gasteiger charge is 2.29. The topological polar surface area (TPSA) is 71.0 Å². The molecule has 1 aliphatic rings. The Morgan fingerprint density at radius 3 is 2.45 bits per heavy atom. The summed E-state index contributed by atoms with van der Waals surface area (Å²) in [4.78, 5) is 27.6. The highest BCUT2D eigenvalue weighted by atomic mass is 16.2. The minimum absolute atomic E-state index is 0.0738. The van der Waals surface area contributed by atoms with Gasteiger partial charge < -0.3 is 4.90 Å². The lowest BCUT2D eigenvalue weighted by Crippen LogP contribution is -2.41. The lowest BCUT2D eigenvalue weighted by molar-refractivity contribution is -0.134. The third-order valence-corrected chi connectivity index (χ3v) is 6.40. The number of aromatic amines is 1. The number of hydrogen-bond donors (Lipinski definition) is 1. The SMILES string of the molecule is CCC(C(=O)N1CCC(Cc2n[nH]c(=O)n2-c2ccccc2C)CC1)c1ccccc1. The Balaban J connectivity index is 1.42. The van der Waals surface area contributed by atoms with Gasteiger partial charge in [0.25, 0.3) is 0 Å². The van der Waals surface area contributed by atoms with E-state index in [9.17, 15) is 9.59 Å². The van der Waals surface area contributed by atoms with Gasteiger partial charge >= 0.3 is 5.69 Å². The largest absolute Gasteiger partial charge is 0.347 e. The molecule has 2 heterocycles. The number of benzene rings is 2. The normalized spacial score (nSPS) is 15.7. The molecule has 1 atom stereocenters. The van der Waals surface area contributed by atoms with E-state index in [-0.39, 0.29) is 17.5 Å². The number of carbonyl (C=O) groups is 1. The third kappa shape index (κ3) is 4.48. The Morgan fingerprint density at radius 2 is 1.77 bits per heavy atom. The summed E-state index contributed by atoms with van der Waals surface area (Å²) >= 11 is 0. The first-order valence-electron chi connectivity index (χ1n) is 11.1. The summed E-state index contributed by atoms with van der Waals surface area (Å²) in [6.07, 6.45) is 3.38. The van der Waals surface area contributed by atoms with Crippen LogP contribution in [0.4, 0.5) is 0 Å². The molecule has 1 fully saturated rings. The van der Waals surface area contributed by atoms with Crippen molar-refractivity contribution in [2.45, 2.75) is 45.4 Å². The summed E-state index contributed by atoms with van der Waals surface area (Å²) in [5.74, 6) is 1.32. The highest BCUT2D eigenvalue weighted by Crippen LogP contribution is 2.27. The molecule has 2 aromatic carbocycles. The predicted molar refractivity (Wildman–Crippen MR) is 121 cm³/mol. The molecule has 4 rings (SSSR count). The van der Waals surface area contributed by atoms with E-state index in [2.05, 4.69) is 17.1 Å². The first-order chi connectivity index (χ1) is 15.1. The van der Waals surface area contributed by atoms with E-state index < -0.39 is 0 Å². The molecule has 1 aliphatic heterocycles. The van der Waals surface area contributed by atoms with E-state index in [1.54, 1.807) is 4.57 Å². The molecule has 1 unspecified atom stereocenters. The monoisotopic (exact) mass is 418 g/mol. The summed E-state index contributed by atoms with van der Waals surface area (Å²) in [5, 5.41) is 6.92. The van der Waals surface area contributed by atoms with Crippen LogP contribution in [0.2, 0.25) is 0 Å². The lowest BCUT2D eigenvalue weighted by atomic mass is 9.90. The maximum atomic E-state index is 13.1. The second-order valence-electron chi connectivity index (χ2n) is 8.41. The Bertz CT molecular complexity index is 1080. The van der Waals surface area contributed by atoms with Gasteiger partial charge in [-0.25, -0.2) is 14.5 Å². The maximum Gasteiger partial charge on any atom is 0.347 e. The highest BCUT2D eigenvalue weighted by molar-refractivity contribution is 5.83. The van der Waals surface area contributed by atoms with Crippen LogP contribution in [0.1, 0.15) is 49.1 Å². The summed E-state index contributed by atoms with van der Waals surface area (Å²) in [6.45, 7) is 5.59. The molecule has 0 radical (unpaired) electrons. The zero-order valence-electron chi connectivity index (χ0n) is 18.3. The van der Waals surface area contributed by atoms with E-state index in [1.165, 1.54) is 0 Å². The molecule has 162 valence electrons. The fourth-order valence-corrected chi connectivity index (χ4v) is 4.60. The van der Waals surface area contributed by atoms with Gasteiger partial charge in [0.2, 0.25) is 5.91 Å². The minimum Gasteiger partial charge on any atom is -0.342 e. The average molecular weight is 419 g/mol. The van der Waals surface area contributed by atoms with Gasteiger partial charge in [0.1, 0.15) is 5.82 Å². The van der Waals surface area contributed by atoms with Gasteiger partial charge in [-0.15, -0.1) is 0 Å². The number of rotatable bonds is 6. The molecule has 0 bridgehead atoms. The summed E-state index contributed by atoms with van der Waals surface area (Å²) in [6, 6.07) is 17.9. The number of amides is 1. The number of carbonyl (C=O) groups excluding carboxylic acids is 1. The standard InChI is InChI=1S/C25H30N4O2/c1-3-21(20-10-5-4-6-11-20)24(30)28-15-13-19(14-16-28)17-23-26-27-25(31)29(23)22-12-8-7-9-18(22)2/h4-12,19,21H,3,13-17H2,1-2H3,(H,27,31). The van der Waals surface area contributed by atoms with Crippen LogP contribution >= 0.6 is 0 Å². The van der Waals surface area contributed by atoms with Crippen molar-refractivity contribution < 1.29 is 4.79 Å². The Kier molecular flexibility index (Phi) is 6.35. The summed E-state index contributed by atoms with van der Waals surface area (Å²) in [7, 11) is 0. The molecule has 31 heavy (non-hydrogen) atoms. The third-order valence-electron chi connectivity index (χ3n) is 6.40. The van der Waals surface area contributed by atoms with Crippen molar-refractivity contribution in [2.24, 2.45) is 5.92 Å². The smallest absolute Gasteiger partial charge is 0.342 e. The van der Waals surface area contributed by atoms with Gasteiger partial charge in [-0.2, -0.15) is 5.10 Å². The number of likely N-dealkylation sites (tertiary alicyclic amines) is 1. The molecular weight excluding hydrogens is 388 g/mol. The van der Waals surface area contributed by atoms with Crippen LogP contribution in [0.15, 0.2) is 59.4 Å². The van der Waals surface area contributed by atoms with Gasteiger partial charge in [0.05, 0.1) is 11.6 Å². The first kappa shape index (κ1) is 21.1. The number of para-hydroxylation sites is 1. The van der Waals surface area contributed by atoms with Gasteiger partial charge in [0.15, 0.2) is 0 Å². The molecule has 6 nitrogen and oxygen atoms in total. The number of nitrogens with zero attached hydrogens (tertiary/aromatic N) is 3. The summed E-state index contributed by atoms with van der Waals surface area (Å²) < 4.78 is 1.69. The number of piperidine rings is 1. The van der Waals surface area contributed by atoms with E-state index >= 15 is 0 Å². The van der Waals surface area contributed by atoms with Crippen LogP contribution in [0.25, 0.3) is 5.69 Å². The predicted octanol–water partition coefficient (Wildman–Crippen LogP) is 3.84. The second kappa shape index (κ2) is 9.33. The lowest BCUT2D eigenvalue weighted by Gasteiger charge is -2.34. The molecule has 6 heteroatoms. The molecule has 0 saturated carbocycles. The van der Waals surface area contributed by atoms with Crippen molar-refractivity contribution in [1.29, 1.82) is 0 Å². The van der Waals surface area contributed by atoms with Crippen molar-refractivity contribution in [2.75, 3.05) is 13.1 Å². The van der Waals surface area contributed by atoms with Crippen LogP contribution in [-0.4, -0.2) is 38.7 Å². The van der Waals surface area contributed by atoms with Crippen LogP contribution in [0.5, 0.6) is 0 Å². The molecule has 1 saturated heterocycles. The fraction of sp³-hybridized carbons (Fsp3) is 0.400. The van der Waals surface area contributed by atoms with Crippen LogP contribution in [0.3, 0.4) is 0 Å². The Morgan fingerprint density at radius 1 is 1.10 bits per heavy atom. The fourth-order valence-electron chi connectivity index (χ4n) is 4.60. The molecule has 1 N–H and O–H groups in total. The molecular formula is C25H30N4O2. The quantitative estimate of drug-likeness (QED) is 0.661. The Hall–Kier alpha value is -3.15. The molecule has 3 aromatic rings. The molecule has 0 aliphatic carbocycles. The van der Waals surface area contributed by atoms with Crippen molar-refractivity contribution in [3.8, 4) is 5.69 Å². The van der Waals surface area contributed by atoms with Crippen LogP contribution in [-0.2, 0) is 11.2 Å². The van der Waals surface area contributed by atoms with Crippen molar-refractivity contribution in [3.63, 3.8) is 0 Å². The van der Waals surface area contributed by atoms with Crippen molar-refractivity contribution in [1.82, 2.24) is 19.7 Å². The zero-order chi connectivity index (χ0) is 21.8. The van der Waals surface area contributed by atoms with Gasteiger partial charge in [-0.1, -0.05) is 55.5 Å². The van der Waals surface area contributed by atoms with Crippen LogP contribution < -0.4 is 5.69 Å². The number of nitrogens with one attached hydrogen (secondary N) is 1. The van der Waals surface area contributed by atoms with Crippen molar-refractivity contribution in [3.05, 3.63) is 82.0 Å².